The van der Waals surface area contributed by atoms with Crippen LogP contribution in [0.25, 0.3) is 0 Å². The van der Waals surface area contributed by atoms with Crippen molar-refractivity contribution in [1.82, 2.24) is 0 Å². The van der Waals surface area contributed by atoms with Crippen LogP contribution in [0.1, 0.15) is 12.5 Å². The van der Waals surface area contributed by atoms with Gasteiger partial charge in [-0.1, -0.05) is 12.1 Å². The summed E-state index contributed by atoms with van der Waals surface area (Å²) in [4.78, 5) is 0.858. The molecule has 0 heterocycles. The predicted octanol–water partition coefficient (Wildman–Crippen LogP) is 3.18. The fourth-order valence-electron chi connectivity index (χ4n) is 1.08. The van der Waals surface area contributed by atoms with E-state index in [-0.39, 0.29) is 5.56 Å². The molecule has 0 radical (unpaired) electrons. The van der Waals surface area contributed by atoms with Gasteiger partial charge >= 0.3 is 6.18 Å². The molecule has 1 rings (SSSR count). The molecule has 0 aliphatic heterocycles. The van der Waals surface area contributed by atoms with Crippen LogP contribution >= 0.6 is 11.8 Å². The highest BCUT2D eigenvalue weighted by Crippen LogP contribution is 2.38. The molecule has 0 saturated heterocycles. The molecule has 1 aromatic carbocycles. The summed E-state index contributed by atoms with van der Waals surface area (Å²) < 4.78 is 37.3. The molecule has 0 aliphatic rings. The third-order valence-corrected chi connectivity index (χ3v) is 2.95. The molecule has 0 bridgehead atoms. The summed E-state index contributed by atoms with van der Waals surface area (Å²) in [7, 11) is 0. The zero-order valence-electron chi connectivity index (χ0n) is 8.30. The van der Waals surface area contributed by atoms with Crippen molar-refractivity contribution in [3.63, 3.8) is 0 Å². The highest BCUT2D eigenvalue weighted by Gasteiger charge is 2.50. The lowest BCUT2D eigenvalue weighted by atomic mass is 9.96. The first-order valence-electron chi connectivity index (χ1n) is 4.22. The number of hydrogen-bond acceptors (Lipinski definition) is 2. The van der Waals surface area contributed by atoms with E-state index >= 15 is 0 Å². The van der Waals surface area contributed by atoms with Gasteiger partial charge in [0.1, 0.15) is 0 Å². The summed E-state index contributed by atoms with van der Waals surface area (Å²) in [5, 5.41) is 9.35. The Morgan fingerprint density at radius 3 is 1.93 bits per heavy atom. The summed E-state index contributed by atoms with van der Waals surface area (Å²) in [5.41, 5.74) is -2.93. The Morgan fingerprint density at radius 2 is 1.60 bits per heavy atom. The standard InChI is InChI=1S/C10H11F3OS/c1-9(14,10(11,12)13)7-3-5-8(15-2)6-4-7/h3-6,14H,1-2H3. The van der Waals surface area contributed by atoms with Gasteiger partial charge in [-0.3, -0.25) is 0 Å². The lowest BCUT2D eigenvalue weighted by Crippen LogP contribution is -2.39. The van der Waals surface area contributed by atoms with Crippen molar-refractivity contribution in [2.75, 3.05) is 6.26 Å². The van der Waals surface area contributed by atoms with Crippen molar-refractivity contribution in [3.8, 4) is 0 Å². The van der Waals surface area contributed by atoms with Crippen molar-refractivity contribution in [1.29, 1.82) is 0 Å². The van der Waals surface area contributed by atoms with E-state index in [0.717, 1.165) is 11.8 Å². The zero-order chi connectivity index (χ0) is 11.7. The van der Waals surface area contributed by atoms with E-state index in [1.54, 1.807) is 12.1 Å². The van der Waals surface area contributed by atoms with E-state index in [1.807, 2.05) is 6.26 Å². The van der Waals surface area contributed by atoms with Gasteiger partial charge < -0.3 is 5.11 Å². The molecular formula is C10H11F3OS. The van der Waals surface area contributed by atoms with Gasteiger partial charge in [0.25, 0.3) is 0 Å². The Balaban J connectivity index is 3.06. The molecule has 0 aromatic heterocycles. The van der Waals surface area contributed by atoms with Gasteiger partial charge in [0.05, 0.1) is 0 Å². The zero-order valence-corrected chi connectivity index (χ0v) is 9.12. The quantitative estimate of drug-likeness (QED) is 0.796. The number of rotatable bonds is 2. The van der Waals surface area contributed by atoms with Crippen LogP contribution in [-0.4, -0.2) is 17.5 Å². The third kappa shape index (κ3) is 2.46. The molecule has 0 spiro atoms. The summed E-state index contributed by atoms with van der Waals surface area (Å²) in [6.07, 6.45) is -2.83. The molecule has 5 heteroatoms. The van der Waals surface area contributed by atoms with Crippen LogP contribution < -0.4 is 0 Å². The first kappa shape index (κ1) is 12.4. The smallest absolute Gasteiger partial charge is 0.376 e. The topological polar surface area (TPSA) is 20.2 Å². The number of halogens is 3. The Bertz CT molecular complexity index is 330. The third-order valence-electron chi connectivity index (χ3n) is 2.20. The summed E-state index contributed by atoms with van der Waals surface area (Å²) >= 11 is 1.43. The molecule has 15 heavy (non-hydrogen) atoms. The number of benzene rings is 1. The van der Waals surface area contributed by atoms with Crippen LogP contribution in [0, 0.1) is 0 Å². The maximum Gasteiger partial charge on any atom is 0.421 e. The number of alkyl halides is 3. The van der Waals surface area contributed by atoms with Crippen molar-refractivity contribution >= 4 is 11.8 Å². The van der Waals surface area contributed by atoms with E-state index in [2.05, 4.69) is 0 Å². The lowest BCUT2D eigenvalue weighted by Gasteiger charge is -2.26. The van der Waals surface area contributed by atoms with E-state index in [9.17, 15) is 18.3 Å². The average molecular weight is 236 g/mol. The summed E-state index contributed by atoms with van der Waals surface area (Å²) in [6, 6.07) is 5.69. The van der Waals surface area contributed by atoms with Crippen molar-refractivity contribution in [2.45, 2.75) is 23.6 Å². The summed E-state index contributed by atoms with van der Waals surface area (Å²) in [5.74, 6) is 0. The second-order valence-electron chi connectivity index (χ2n) is 3.30. The van der Waals surface area contributed by atoms with Gasteiger partial charge in [0, 0.05) is 4.90 Å². The van der Waals surface area contributed by atoms with Gasteiger partial charge in [-0.25, -0.2) is 0 Å². The molecular weight excluding hydrogens is 225 g/mol. The van der Waals surface area contributed by atoms with Crippen molar-refractivity contribution in [2.24, 2.45) is 0 Å². The molecule has 1 aromatic rings. The maximum absolute atomic E-state index is 12.4. The van der Waals surface area contributed by atoms with Crippen LogP contribution in [-0.2, 0) is 5.60 Å². The van der Waals surface area contributed by atoms with Crippen LogP contribution in [0.15, 0.2) is 29.2 Å². The Morgan fingerprint density at radius 1 is 1.13 bits per heavy atom. The van der Waals surface area contributed by atoms with E-state index in [1.165, 1.54) is 23.9 Å². The van der Waals surface area contributed by atoms with Crippen LogP contribution in [0.2, 0.25) is 0 Å². The Labute approximate surface area is 90.3 Å². The van der Waals surface area contributed by atoms with E-state index in [4.69, 9.17) is 0 Å². The van der Waals surface area contributed by atoms with Gasteiger partial charge in [-0.05, 0) is 30.9 Å². The highest BCUT2D eigenvalue weighted by molar-refractivity contribution is 7.98. The minimum Gasteiger partial charge on any atom is -0.376 e. The first-order valence-corrected chi connectivity index (χ1v) is 5.45. The lowest BCUT2D eigenvalue weighted by molar-refractivity contribution is -0.258. The highest BCUT2D eigenvalue weighted by atomic mass is 32.2. The number of aliphatic hydroxyl groups is 1. The minimum atomic E-state index is -4.66. The van der Waals surface area contributed by atoms with Crippen LogP contribution in [0.5, 0.6) is 0 Å². The SMILES string of the molecule is CSc1ccc(C(C)(O)C(F)(F)F)cc1. The normalized spacial score (nSPS) is 16.1. The monoisotopic (exact) mass is 236 g/mol. The summed E-state index contributed by atoms with van der Waals surface area (Å²) in [6.45, 7) is 0.751. The predicted molar refractivity (Wildman–Crippen MR) is 53.8 cm³/mol. The van der Waals surface area contributed by atoms with Gasteiger partial charge in [-0.15, -0.1) is 11.8 Å². The molecule has 0 aliphatic carbocycles. The average Bonchev–Trinajstić information content (AvgIpc) is 2.16. The second-order valence-corrected chi connectivity index (χ2v) is 4.18. The molecule has 1 nitrogen and oxygen atoms in total. The van der Waals surface area contributed by atoms with Gasteiger partial charge in [0.15, 0.2) is 5.60 Å². The molecule has 0 amide bonds. The molecule has 1 atom stereocenters. The first-order chi connectivity index (χ1) is 6.79. The number of thioether (sulfide) groups is 1. The van der Waals surface area contributed by atoms with Crippen LogP contribution in [0.4, 0.5) is 13.2 Å². The van der Waals surface area contributed by atoms with Crippen molar-refractivity contribution < 1.29 is 18.3 Å². The molecule has 0 fully saturated rings. The molecule has 1 unspecified atom stereocenters. The van der Waals surface area contributed by atoms with E-state index in [0.29, 0.717) is 0 Å². The maximum atomic E-state index is 12.4. The minimum absolute atomic E-state index is 0.146. The van der Waals surface area contributed by atoms with Gasteiger partial charge in [-0.2, -0.15) is 13.2 Å². The fourth-order valence-corrected chi connectivity index (χ4v) is 1.49. The van der Waals surface area contributed by atoms with Crippen LogP contribution in [0.3, 0.4) is 0 Å². The van der Waals surface area contributed by atoms with Crippen molar-refractivity contribution in [3.05, 3.63) is 29.8 Å². The Kier molecular flexibility index (Phi) is 3.35. The second kappa shape index (κ2) is 4.06. The molecule has 0 saturated carbocycles. The molecule has 84 valence electrons. The Hall–Kier alpha value is -0.680. The fraction of sp³-hybridized carbons (Fsp3) is 0.400. The van der Waals surface area contributed by atoms with E-state index < -0.39 is 11.8 Å². The molecule has 1 N–H and O–H groups in total. The van der Waals surface area contributed by atoms with Gasteiger partial charge in [0.2, 0.25) is 0 Å². The largest absolute Gasteiger partial charge is 0.421 e. The number of hydrogen-bond donors (Lipinski definition) is 1.